The first-order chi connectivity index (χ1) is 7.55. The van der Waals surface area contributed by atoms with Crippen LogP contribution in [-0.4, -0.2) is 24.5 Å². The number of rotatable bonds is 5. The van der Waals surface area contributed by atoms with Gasteiger partial charge in [-0.25, -0.2) is 0 Å². The van der Waals surface area contributed by atoms with Gasteiger partial charge < -0.3 is 10.6 Å². The summed E-state index contributed by atoms with van der Waals surface area (Å²) >= 11 is 0. The van der Waals surface area contributed by atoms with Gasteiger partial charge in [0.15, 0.2) is 0 Å². The molecule has 0 aliphatic heterocycles. The van der Waals surface area contributed by atoms with Crippen LogP contribution in [0.25, 0.3) is 0 Å². The van der Waals surface area contributed by atoms with Crippen LogP contribution in [0.2, 0.25) is 0 Å². The van der Waals surface area contributed by atoms with Gasteiger partial charge in [-0.15, -0.1) is 0 Å². The molecule has 0 spiro atoms. The summed E-state index contributed by atoms with van der Waals surface area (Å²) in [5.41, 5.74) is 0.421. The Morgan fingerprint density at radius 3 is 2.56 bits per heavy atom. The Balaban J connectivity index is 1.59. The minimum absolute atomic E-state index is 0.218. The Hall–Kier alpha value is -0.570. The predicted octanol–water partition coefficient (Wildman–Crippen LogP) is 1.82. The van der Waals surface area contributed by atoms with E-state index in [1.807, 2.05) is 0 Å². The van der Waals surface area contributed by atoms with Crippen LogP contribution in [0.5, 0.6) is 0 Å². The lowest BCUT2D eigenvalue weighted by Gasteiger charge is -2.17. The SMILES string of the molecule is CC1(C)CCC(NC(=O)CCNC2CC2)C1. The monoisotopic (exact) mass is 224 g/mol. The first kappa shape index (κ1) is 11.9. The van der Waals surface area contributed by atoms with Crippen LogP contribution in [-0.2, 0) is 4.79 Å². The van der Waals surface area contributed by atoms with E-state index in [2.05, 4.69) is 24.5 Å². The zero-order chi connectivity index (χ0) is 11.6. The molecular weight excluding hydrogens is 200 g/mol. The molecule has 3 heteroatoms. The molecule has 16 heavy (non-hydrogen) atoms. The van der Waals surface area contributed by atoms with Crippen LogP contribution in [0.1, 0.15) is 52.4 Å². The van der Waals surface area contributed by atoms with Crippen LogP contribution >= 0.6 is 0 Å². The van der Waals surface area contributed by atoms with E-state index in [0.717, 1.165) is 19.4 Å². The Labute approximate surface area is 98.4 Å². The summed E-state index contributed by atoms with van der Waals surface area (Å²) in [4.78, 5) is 11.7. The van der Waals surface area contributed by atoms with Gasteiger partial charge in [0.2, 0.25) is 5.91 Å². The van der Waals surface area contributed by atoms with Crippen LogP contribution in [0, 0.1) is 5.41 Å². The van der Waals surface area contributed by atoms with Crippen molar-refractivity contribution in [3.63, 3.8) is 0 Å². The highest BCUT2D eigenvalue weighted by molar-refractivity contribution is 5.76. The highest BCUT2D eigenvalue weighted by Crippen LogP contribution is 2.36. The smallest absolute Gasteiger partial charge is 0.221 e. The van der Waals surface area contributed by atoms with E-state index in [9.17, 15) is 4.79 Å². The standard InChI is InChI=1S/C13H24N2O/c1-13(2)7-5-11(9-13)15-12(16)6-8-14-10-3-4-10/h10-11,14H,3-9H2,1-2H3,(H,15,16). The molecule has 0 radical (unpaired) electrons. The summed E-state index contributed by atoms with van der Waals surface area (Å²) in [6.07, 6.45) is 6.73. The van der Waals surface area contributed by atoms with Crippen molar-refractivity contribution in [1.82, 2.24) is 10.6 Å². The molecule has 2 saturated carbocycles. The second-order valence-corrected chi connectivity index (χ2v) is 6.15. The minimum Gasteiger partial charge on any atom is -0.353 e. The zero-order valence-electron chi connectivity index (χ0n) is 10.5. The topological polar surface area (TPSA) is 41.1 Å². The Bertz CT molecular complexity index is 259. The summed E-state index contributed by atoms with van der Waals surface area (Å²) in [5.74, 6) is 0.218. The van der Waals surface area contributed by atoms with Gasteiger partial charge in [-0.3, -0.25) is 4.79 Å². The van der Waals surface area contributed by atoms with E-state index < -0.39 is 0 Å². The molecule has 2 rings (SSSR count). The maximum Gasteiger partial charge on any atom is 0.221 e. The molecule has 0 aromatic rings. The zero-order valence-corrected chi connectivity index (χ0v) is 10.5. The fourth-order valence-electron chi connectivity index (χ4n) is 2.54. The third-order valence-corrected chi connectivity index (χ3v) is 3.70. The number of amides is 1. The van der Waals surface area contributed by atoms with Gasteiger partial charge in [0.25, 0.3) is 0 Å². The third-order valence-electron chi connectivity index (χ3n) is 3.70. The van der Waals surface area contributed by atoms with Crippen molar-refractivity contribution in [2.24, 2.45) is 5.41 Å². The van der Waals surface area contributed by atoms with E-state index >= 15 is 0 Å². The Morgan fingerprint density at radius 1 is 1.25 bits per heavy atom. The van der Waals surface area contributed by atoms with Gasteiger partial charge in [0.1, 0.15) is 0 Å². The largest absolute Gasteiger partial charge is 0.353 e. The van der Waals surface area contributed by atoms with E-state index in [4.69, 9.17) is 0 Å². The molecule has 2 aliphatic carbocycles. The summed E-state index contributed by atoms with van der Waals surface area (Å²) < 4.78 is 0. The molecule has 0 saturated heterocycles. The summed E-state index contributed by atoms with van der Waals surface area (Å²) in [7, 11) is 0. The fraction of sp³-hybridized carbons (Fsp3) is 0.923. The number of nitrogens with one attached hydrogen (secondary N) is 2. The van der Waals surface area contributed by atoms with E-state index in [1.54, 1.807) is 0 Å². The highest BCUT2D eigenvalue weighted by atomic mass is 16.1. The van der Waals surface area contributed by atoms with Gasteiger partial charge in [-0.2, -0.15) is 0 Å². The molecule has 3 nitrogen and oxygen atoms in total. The van der Waals surface area contributed by atoms with Gasteiger partial charge in [-0.05, 0) is 37.5 Å². The number of hydrogen-bond donors (Lipinski definition) is 2. The summed E-state index contributed by atoms with van der Waals surface area (Å²) in [5, 5.41) is 6.52. The van der Waals surface area contributed by atoms with Crippen molar-refractivity contribution in [1.29, 1.82) is 0 Å². The molecule has 1 amide bonds. The van der Waals surface area contributed by atoms with E-state index in [-0.39, 0.29) is 5.91 Å². The maximum atomic E-state index is 11.7. The van der Waals surface area contributed by atoms with Crippen LogP contribution in [0.4, 0.5) is 0 Å². The second kappa shape index (κ2) is 4.74. The molecule has 1 unspecified atom stereocenters. The van der Waals surface area contributed by atoms with Crippen molar-refractivity contribution in [2.45, 2.75) is 64.5 Å². The quantitative estimate of drug-likeness (QED) is 0.748. The van der Waals surface area contributed by atoms with Crippen molar-refractivity contribution in [3.05, 3.63) is 0 Å². The maximum absolute atomic E-state index is 11.7. The molecule has 0 aromatic heterocycles. The molecule has 2 aliphatic rings. The van der Waals surface area contributed by atoms with Crippen molar-refractivity contribution < 1.29 is 4.79 Å². The number of carbonyl (C=O) groups is 1. The molecule has 0 aromatic carbocycles. The molecule has 1 atom stereocenters. The summed E-state index contributed by atoms with van der Waals surface area (Å²) in [6.45, 7) is 5.41. The van der Waals surface area contributed by atoms with Gasteiger partial charge >= 0.3 is 0 Å². The van der Waals surface area contributed by atoms with Gasteiger partial charge in [-0.1, -0.05) is 13.8 Å². The Kier molecular flexibility index (Phi) is 3.53. The van der Waals surface area contributed by atoms with Crippen LogP contribution in [0.3, 0.4) is 0 Å². The predicted molar refractivity (Wildman–Crippen MR) is 65.2 cm³/mol. The van der Waals surface area contributed by atoms with Gasteiger partial charge in [0, 0.05) is 25.0 Å². The first-order valence-electron chi connectivity index (χ1n) is 6.58. The highest BCUT2D eigenvalue weighted by Gasteiger charge is 2.31. The molecule has 2 N–H and O–H groups in total. The lowest BCUT2D eigenvalue weighted by atomic mass is 9.92. The Morgan fingerprint density at radius 2 is 2.00 bits per heavy atom. The number of carbonyl (C=O) groups excluding carboxylic acids is 1. The fourth-order valence-corrected chi connectivity index (χ4v) is 2.54. The van der Waals surface area contributed by atoms with E-state index in [1.165, 1.54) is 19.3 Å². The van der Waals surface area contributed by atoms with Gasteiger partial charge in [0.05, 0.1) is 0 Å². The first-order valence-corrected chi connectivity index (χ1v) is 6.58. The van der Waals surface area contributed by atoms with Crippen molar-refractivity contribution in [3.8, 4) is 0 Å². The molecule has 92 valence electrons. The molecular formula is C13H24N2O. The van der Waals surface area contributed by atoms with Crippen LogP contribution < -0.4 is 10.6 Å². The minimum atomic E-state index is 0.218. The average Bonchev–Trinajstić information content (AvgIpc) is 2.92. The second-order valence-electron chi connectivity index (χ2n) is 6.15. The normalized spacial score (nSPS) is 28.0. The lowest BCUT2D eigenvalue weighted by molar-refractivity contribution is -0.121. The van der Waals surface area contributed by atoms with E-state index in [0.29, 0.717) is 23.9 Å². The average molecular weight is 224 g/mol. The number of hydrogen-bond acceptors (Lipinski definition) is 2. The lowest BCUT2D eigenvalue weighted by Crippen LogP contribution is -2.35. The van der Waals surface area contributed by atoms with Crippen LogP contribution in [0.15, 0.2) is 0 Å². The molecule has 0 heterocycles. The van der Waals surface area contributed by atoms with Crippen molar-refractivity contribution >= 4 is 5.91 Å². The molecule has 2 fully saturated rings. The molecule has 0 bridgehead atoms. The third kappa shape index (κ3) is 3.78. The van der Waals surface area contributed by atoms with Crippen molar-refractivity contribution in [2.75, 3.05) is 6.54 Å². The summed E-state index contributed by atoms with van der Waals surface area (Å²) in [6, 6.07) is 1.13.